The van der Waals surface area contributed by atoms with Crippen LogP contribution in [-0.4, -0.2) is 53.9 Å². The fraction of sp³-hybridized carbons (Fsp3) is 0.304. The van der Waals surface area contributed by atoms with Gasteiger partial charge >= 0.3 is 8.60 Å². The molecule has 2 fully saturated rings. The number of hydrogen-bond donors (Lipinski definition) is 4. The summed E-state index contributed by atoms with van der Waals surface area (Å²) in [4.78, 5) is 48.0. The van der Waals surface area contributed by atoms with E-state index in [4.69, 9.17) is 21.4 Å². The molecular weight excluding hydrogens is 526 g/mol. The van der Waals surface area contributed by atoms with Gasteiger partial charge in [0.2, 0.25) is 5.91 Å². The summed E-state index contributed by atoms with van der Waals surface area (Å²) in [6.07, 6.45) is 4.83. The second-order valence-corrected chi connectivity index (χ2v) is 9.21. The van der Waals surface area contributed by atoms with Gasteiger partial charge in [-0.05, 0) is 37.1 Å². The first-order valence-corrected chi connectivity index (χ1v) is 13.1. The SMILES string of the molecule is CC.O=C1C/C(=C\c2cnn3c(NC4CC4)cc(Nc4cc(Cl)ccc4F)nc23)C(=O)N1COP(O)O. The highest BCUT2D eigenvalue weighted by Gasteiger charge is 2.34. The lowest BCUT2D eigenvalue weighted by Crippen LogP contribution is -2.31. The minimum atomic E-state index is -2.71. The third kappa shape index (κ3) is 6.23. The Hall–Kier alpha value is -3.15. The summed E-state index contributed by atoms with van der Waals surface area (Å²) in [5.74, 6) is -0.703. The van der Waals surface area contributed by atoms with Gasteiger partial charge in [0, 0.05) is 28.3 Å². The molecule has 3 aromatic rings. The lowest BCUT2D eigenvalue weighted by Gasteiger charge is -2.13. The highest BCUT2D eigenvalue weighted by Crippen LogP contribution is 2.31. The molecule has 196 valence electrons. The zero-order valence-corrected chi connectivity index (χ0v) is 21.6. The lowest BCUT2D eigenvalue weighted by atomic mass is 10.1. The molecule has 1 aliphatic heterocycles. The van der Waals surface area contributed by atoms with Gasteiger partial charge in [-0.25, -0.2) is 9.37 Å². The number of nitrogens with one attached hydrogen (secondary N) is 2. The third-order valence-electron chi connectivity index (χ3n) is 5.41. The fourth-order valence-corrected chi connectivity index (χ4v) is 3.97. The van der Waals surface area contributed by atoms with Crippen molar-refractivity contribution < 1.29 is 28.3 Å². The molecule has 5 rings (SSSR count). The Bertz CT molecular complexity index is 1360. The van der Waals surface area contributed by atoms with Crippen molar-refractivity contribution in [2.24, 2.45) is 0 Å². The molecule has 0 spiro atoms. The zero-order chi connectivity index (χ0) is 26.7. The lowest BCUT2D eigenvalue weighted by molar-refractivity contribution is -0.140. The van der Waals surface area contributed by atoms with Gasteiger partial charge in [0.05, 0.1) is 18.3 Å². The van der Waals surface area contributed by atoms with Crippen LogP contribution in [0.3, 0.4) is 0 Å². The van der Waals surface area contributed by atoms with E-state index in [-0.39, 0.29) is 23.7 Å². The van der Waals surface area contributed by atoms with Crippen LogP contribution in [-0.2, 0) is 14.1 Å². The number of halogens is 2. The molecule has 37 heavy (non-hydrogen) atoms. The molecule has 3 heterocycles. The van der Waals surface area contributed by atoms with E-state index in [0.29, 0.717) is 27.9 Å². The summed E-state index contributed by atoms with van der Waals surface area (Å²) in [6.45, 7) is 3.44. The number of hydrogen-bond acceptors (Lipinski definition) is 9. The van der Waals surface area contributed by atoms with Gasteiger partial charge in [-0.2, -0.15) is 9.61 Å². The maximum atomic E-state index is 14.3. The molecule has 0 unspecified atom stereocenters. The minimum absolute atomic E-state index is 0.145. The summed E-state index contributed by atoms with van der Waals surface area (Å²) in [7, 11) is -2.71. The van der Waals surface area contributed by atoms with Crippen molar-refractivity contribution in [1.29, 1.82) is 0 Å². The Labute approximate surface area is 217 Å². The molecule has 0 atom stereocenters. The Morgan fingerprint density at radius 3 is 2.73 bits per heavy atom. The van der Waals surface area contributed by atoms with E-state index < -0.39 is 33.0 Å². The molecule has 0 radical (unpaired) electrons. The summed E-state index contributed by atoms with van der Waals surface area (Å²) in [6, 6.07) is 6.11. The maximum absolute atomic E-state index is 14.3. The number of imide groups is 1. The molecule has 4 N–H and O–H groups in total. The number of carbonyl (C=O) groups excluding carboxylic acids is 2. The number of aromatic nitrogens is 3. The van der Waals surface area contributed by atoms with Crippen molar-refractivity contribution in [2.75, 3.05) is 17.4 Å². The number of likely N-dealkylation sites (tertiary alicyclic amines) is 1. The predicted octanol–water partition coefficient (Wildman–Crippen LogP) is 4.19. The smallest absolute Gasteiger partial charge is 0.328 e. The van der Waals surface area contributed by atoms with Crippen LogP contribution in [0.2, 0.25) is 5.02 Å². The third-order valence-corrected chi connectivity index (χ3v) is 6.00. The summed E-state index contributed by atoms with van der Waals surface area (Å²) in [5.41, 5.74) is 1.15. The Balaban J connectivity index is 0.00000156. The molecular formula is C23H25ClFN6O5P. The molecule has 2 amide bonds. The van der Waals surface area contributed by atoms with E-state index in [1.807, 2.05) is 13.8 Å². The second-order valence-electron chi connectivity index (χ2n) is 8.01. The van der Waals surface area contributed by atoms with Crippen LogP contribution in [0.5, 0.6) is 0 Å². The normalized spacial score (nSPS) is 16.5. The van der Waals surface area contributed by atoms with Gasteiger partial charge in [-0.1, -0.05) is 25.4 Å². The first-order chi connectivity index (χ1) is 17.8. The quantitative estimate of drug-likeness (QED) is 0.184. The fourth-order valence-electron chi connectivity index (χ4n) is 3.58. The molecule has 2 aliphatic rings. The van der Waals surface area contributed by atoms with Gasteiger partial charge in [0.1, 0.15) is 24.2 Å². The van der Waals surface area contributed by atoms with Crippen LogP contribution in [0.15, 0.2) is 36.0 Å². The molecule has 11 nitrogen and oxygen atoms in total. The van der Waals surface area contributed by atoms with Crippen LogP contribution < -0.4 is 10.6 Å². The number of nitrogens with zero attached hydrogens (tertiary/aromatic N) is 4. The average Bonchev–Trinajstić information content (AvgIpc) is 3.53. The van der Waals surface area contributed by atoms with Crippen molar-refractivity contribution in [1.82, 2.24) is 19.5 Å². The largest absolute Gasteiger partial charge is 0.367 e. The minimum Gasteiger partial charge on any atom is -0.367 e. The monoisotopic (exact) mass is 550 g/mol. The molecule has 14 heteroatoms. The summed E-state index contributed by atoms with van der Waals surface area (Å²) < 4.78 is 20.5. The van der Waals surface area contributed by atoms with E-state index in [9.17, 15) is 14.0 Å². The Morgan fingerprint density at radius 2 is 2.03 bits per heavy atom. The maximum Gasteiger partial charge on any atom is 0.328 e. The first-order valence-electron chi connectivity index (χ1n) is 11.5. The van der Waals surface area contributed by atoms with Crippen LogP contribution in [0.25, 0.3) is 11.7 Å². The van der Waals surface area contributed by atoms with Gasteiger partial charge < -0.3 is 20.4 Å². The Kier molecular flexibility index (Phi) is 8.35. The van der Waals surface area contributed by atoms with Gasteiger partial charge in [0.25, 0.3) is 5.91 Å². The topological polar surface area (TPSA) is 141 Å². The highest BCUT2D eigenvalue weighted by molar-refractivity contribution is 7.39. The van der Waals surface area contributed by atoms with Crippen molar-refractivity contribution in [3.05, 3.63) is 52.4 Å². The zero-order valence-electron chi connectivity index (χ0n) is 20.0. The van der Waals surface area contributed by atoms with Crippen LogP contribution in [0.1, 0.15) is 38.7 Å². The van der Waals surface area contributed by atoms with Gasteiger partial charge in [0.15, 0.2) is 5.65 Å². The number of amides is 2. The average molecular weight is 551 g/mol. The second kappa shape index (κ2) is 11.5. The van der Waals surface area contributed by atoms with Gasteiger partial charge in [-0.3, -0.25) is 19.0 Å². The standard InChI is InChI=1S/C21H19ClFN6O5P.C2H6/c22-13-1-4-15(23)16(7-13)26-17-8-18(25-14-2-3-14)29-20(27-17)12(9-24-29)5-11-6-19(30)28(21(11)31)10-34-35(32)33;1-2/h1,4-5,7-9,14,25,32-33H,2-3,6,10H2,(H,26,27);1-2H3/b11-5+;. The van der Waals surface area contributed by atoms with Crippen molar-refractivity contribution in [3.8, 4) is 0 Å². The van der Waals surface area contributed by atoms with E-state index in [1.54, 1.807) is 10.6 Å². The molecule has 0 bridgehead atoms. The number of rotatable bonds is 8. The van der Waals surface area contributed by atoms with Crippen LogP contribution in [0, 0.1) is 5.82 Å². The van der Waals surface area contributed by atoms with E-state index in [0.717, 1.165) is 17.7 Å². The van der Waals surface area contributed by atoms with Crippen molar-refractivity contribution >= 4 is 61.1 Å². The van der Waals surface area contributed by atoms with Crippen molar-refractivity contribution in [3.63, 3.8) is 0 Å². The summed E-state index contributed by atoms with van der Waals surface area (Å²) in [5, 5.41) is 11.0. The molecule has 1 saturated carbocycles. The van der Waals surface area contributed by atoms with E-state index in [2.05, 4.69) is 25.2 Å². The van der Waals surface area contributed by atoms with Crippen LogP contribution >= 0.6 is 20.2 Å². The highest BCUT2D eigenvalue weighted by atomic mass is 35.5. The predicted molar refractivity (Wildman–Crippen MR) is 137 cm³/mol. The van der Waals surface area contributed by atoms with Crippen LogP contribution in [0.4, 0.5) is 21.7 Å². The number of fused-ring (bicyclic) bond motifs is 1. The molecule has 2 aromatic heterocycles. The van der Waals surface area contributed by atoms with Gasteiger partial charge in [-0.15, -0.1) is 0 Å². The summed E-state index contributed by atoms with van der Waals surface area (Å²) >= 11 is 6.01. The number of anilines is 3. The first kappa shape index (κ1) is 26.9. The molecule has 1 aliphatic carbocycles. The number of benzene rings is 1. The number of carbonyl (C=O) groups is 2. The molecule has 1 aromatic carbocycles. The Morgan fingerprint density at radius 1 is 1.27 bits per heavy atom. The van der Waals surface area contributed by atoms with E-state index >= 15 is 0 Å². The van der Waals surface area contributed by atoms with E-state index in [1.165, 1.54) is 30.5 Å². The molecule has 1 saturated heterocycles. The van der Waals surface area contributed by atoms with Crippen molar-refractivity contribution in [2.45, 2.75) is 39.2 Å².